The van der Waals surface area contributed by atoms with E-state index in [-0.39, 0.29) is 12.1 Å². The van der Waals surface area contributed by atoms with Crippen LogP contribution < -0.4 is 0 Å². The highest BCUT2D eigenvalue weighted by atomic mass is 16.3. The molecule has 1 atom stereocenters. The maximum absolute atomic E-state index is 12.6. The third kappa shape index (κ3) is 5.42. The van der Waals surface area contributed by atoms with Gasteiger partial charge in [-0.1, -0.05) is 60.7 Å². The number of nitrogens with zero attached hydrogens (tertiary/aromatic N) is 3. The number of carbonyl (C=O) groups excluding carboxylic acids is 1. The van der Waals surface area contributed by atoms with Crippen LogP contribution in [0.1, 0.15) is 37.3 Å². The van der Waals surface area contributed by atoms with Gasteiger partial charge in [0.2, 0.25) is 5.91 Å². The monoisotopic (exact) mass is 417 g/mol. The molecular formula is C26H31N3O2. The molecule has 0 saturated carbocycles. The van der Waals surface area contributed by atoms with Gasteiger partial charge in [-0.15, -0.1) is 0 Å². The molecule has 0 bridgehead atoms. The van der Waals surface area contributed by atoms with Crippen molar-refractivity contribution in [2.24, 2.45) is 4.99 Å². The maximum Gasteiger partial charge on any atom is 0.222 e. The van der Waals surface area contributed by atoms with Gasteiger partial charge in [0.05, 0.1) is 11.3 Å². The third-order valence-corrected chi connectivity index (χ3v) is 6.29. The van der Waals surface area contributed by atoms with Gasteiger partial charge < -0.3 is 14.9 Å². The first-order valence-electron chi connectivity index (χ1n) is 11.1. The minimum absolute atomic E-state index is 0.0326. The average Bonchev–Trinajstić information content (AvgIpc) is 2.80. The van der Waals surface area contributed by atoms with Crippen LogP contribution in [-0.2, 0) is 11.2 Å². The summed E-state index contributed by atoms with van der Waals surface area (Å²) < 4.78 is 0. The molecule has 2 aromatic carbocycles. The number of β-amino-alcohol motifs (C(OH)–C–C–N with tert-alkyl or cyclic N) is 1. The Morgan fingerprint density at radius 3 is 2.35 bits per heavy atom. The third-order valence-electron chi connectivity index (χ3n) is 6.29. The fourth-order valence-corrected chi connectivity index (χ4v) is 4.30. The topological polar surface area (TPSA) is 56.1 Å². The first-order valence-corrected chi connectivity index (χ1v) is 11.1. The second kappa shape index (κ2) is 9.48. The highest BCUT2D eigenvalue weighted by Gasteiger charge is 2.36. The van der Waals surface area contributed by atoms with Gasteiger partial charge in [0.25, 0.3) is 0 Å². The standard InChI is InChI=1S/C26H31N3O2/c1-21-27-24(23-10-6-3-7-11-23)14-17-29(21)20-26(31)15-18-28(19-16-26)25(30)13-12-22-8-4-2-5-9-22/h2-11,14,17,21,31H,12-13,15-16,18-20H2,1H3. The summed E-state index contributed by atoms with van der Waals surface area (Å²) in [6.45, 7) is 3.80. The van der Waals surface area contributed by atoms with E-state index in [9.17, 15) is 9.90 Å². The van der Waals surface area contributed by atoms with E-state index in [1.807, 2.05) is 53.6 Å². The number of carbonyl (C=O) groups is 1. The molecule has 0 aliphatic carbocycles. The summed E-state index contributed by atoms with van der Waals surface area (Å²) in [5.41, 5.74) is 2.46. The summed E-state index contributed by atoms with van der Waals surface area (Å²) in [6.07, 6.45) is 6.49. The lowest BCUT2D eigenvalue weighted by Crippen LogP contribution is -2.52. The second-order valence-corrected chi connectivity index (χ2v) is 8.59. The Morgan fingerprint density at radius 2 is 1.71 bits per heavy atom. The van der Waals surface area contributed by atoms with Gasteiger partial charge in [-0.3, -0.25) is 9.79 Å². The Hall–Kier alpha value is -2.92. The molecule has 4 rings (SSSR count). The molecule has 0 aromatic heterocycles. The number of aliphatic imine (C=N–C) groups is 1. The summed E-state index contributed by atoms with van der Waals surface area (Å²) in [7, 11) is 0. The molecule has 0 spiro atoms. The number of aryl methyl sites for hydroxylation is 1. The first-order chi connectivity index (χ1) is 15.0. The summed E-state index contributed by atoms with van der Waals surface area (Å²) in [5, 5.41) is 11.2. The normalized spacial score (nSPS) is 20.5. The van der Waals surface area contributed by atoms with Gasteiger partial charge >= 0.3 is 0 Å². The number of benzene rings is 2. The van der Waals surface area contributed by atoms with Crippen molar-refractivity contribution in [3.8, 4) is 0 Å². The van der Waals surface area contributed by atoms with E-state index < -0.39 is 5.60 Å². The van der Waals surface area contributed by atoms with Crippen LogP contribution in [0.2, 0.25) is 0 Å². The van der Waals surface area contributed by atoms with E-state index in [4.69, 9.17) is 4.99 Å². The van der Waals surface area contributed by atoms with Gasteiger partial charge in [-0.05, 0) is 43.4 Å². The van der Waals surface area contributed by atoms with Crippen molar-refractivity contribution in [2.45, 2.75) is 44.4 Å². The number of hydrogen-bond donors (Lipinski definition) is 1. The lowest BCUT2D eigenvalue weighted by Gasteiger charge is -2.42. The Labute approximate surface area is 184 Å². The minimum atomic E-state index is -0.797. The minimum Gasteiger partial charge on any atom is -0.388 e. The molecule has 5 nitrogen and oxygen atoms in total. The molecule has 2 aliphatic rings. The quantitative estimate of drug-likeness (QED) is 0.781. The van der Waals surface area contributed by atoms with Crippen LogP contribution in [0.5, 0.6) is 0 Å². The molecule has 31 heavy (non-hydrogen) atoms. The summed E-state index contributed by atoms with van der Waals surface area (Å²) in [5.74, 6) is 0.175. The Morgan fingerprint density at radius 1 is 1.06 bits per heavy atom. The van der Waals surface area contributed by atoms with E-state index in [0.29, 0.717) is 38.9 Å². The van der Waals surface area contributed by atoms with Gasteiger partial charge in [0, 0.05) is 32.3 Å². The van der Waals surface area contributed by atoms with E-state index in [1.165, 1.54) is 5.56 Å². The largest absolute Gasteiger partial charge is 0.388 e. The van der Waals surface area contributed by atoms with E-state index in [2.05, 4.69) is 36.1 Å². The number of likely N-dealkylation sites (tertiary alicyclic amines) is 1. The number of rotatable bonds is 6. The fraction of sp³-hybridized carbons (Fsp3) is 0.385. The number of hydrogen-bond acceptors (Lipinski definition) is 4. The van der Waals surface area contributed by atoms with Gasteiger partial charge in [0.15, 0.2) is 0 Å². The zero-order valence-electron chi connectivity index (χ0n) is 18.2. The number of piperidine rings is 1. The zero-order chi connectivity index (χ0) is 21.7. The van der Waals surface area contributed by atoms with E-state index >= 15 is 0 Å². The smallest absolute Gasteiger partial charge is 0.222 e. The van der Waals surface area contributed by atoms with Gasteiger partial charge in [-0.2, -0.15) is 0 Å². The Bertz CT molecular complexity index is 932. The molecule has 1 N–H and O–H groups in total. The summed E-state index contributed by atoms with van der Waals surface area (Å²) in [6, 6.07) is 20.3. The van der Waals surface area contributed by atoms with Crippen molar-refractivity contribution < 1.29 is 9.90 Å². The van der Waals surface area contributed by atoms with Crippen LogP contribution in [0.25, 0.3) is 0 Å². The molecule has 1 unspecified atom stereocenters. The molecule has 2 aromatic rings. The molecule has 1 saturated heterocycles. The molecule has 5 heteroatoms. The van der Waals surface area contributed by atoms with Crippen LogP contribution in [0.15, 0.2) is 77.9 Å². The fourth-order valence-electron chi connectivity index (χ4n) is 4.30. The van der Waals surface area contributed by atoms with Crippen molar-refractivity contribution in [2.75, 3.05) is 19.6 Å². The van der Waals surface area contributed by atoms with E-state index in [1.54, 1.807) is 0 Å². The van der Waals surface area contributed by atoms with Crippen molar-refractivity contribution >= 4 is 11.6 Å². The Balaban J connectivity index is 1.27. The van der Waals surface area contributed by atoms with Crippen LogP contribution in [0, 0.1) is 0 Å². The predicted molar refractivity (Wildman–Crippen MR) is 124 cm³/mol. The van der Waals surface area contributed by atoms with Crippen molar-refractivity contribution in [3.05, 3.63) is 84.1 Å². The molecule has 2 heterocycles. The van der Waals surface area contributed by atoms with Crippen molar-refractivity contribution in [1.82, 2.24) is 9.80 Å². The highest BCUT2D eigenvalue weighted by Crippen LogP contribution is 2.26. The molecule has 0 radical (unpaired) electrons. The Kier molecular flexibility index (Phi) is 6.52. The average molecular weight is 418 g/mol. The van der Waals surface area contributed by atoms with Crippen molar-refractivity contribution in [1.29, 1.82) is 0 Å². The highest BCUT2D eigenvalue weighted by molar-refractivity contribution is 6.09. The molecule has 1 amide bonds. The molecular weight excluding hydrogens is 386 g/mol. The predicted octanol–water partition coefficient (Wildman–Crippen LogP) is 3.64. The molecule has 2 aliphatic heterocycles. The van der Waals surface area contributed by atoms with E-state index in [0.717, 1.165) is 17.7 Å². The van der Waals surface area contributed by atoms with Crippen molar-refractivity contribution in [3.63, 3.8) is 0 Å². The number of aliphatic hydroxyl groups is 1. The van der Waals surface area contributed by atoms with Gasteiger partial charge in [-0.25, -0.2) is 0 Å². The van der Waals surface area contributed by atoms with Crippen LogP contribution in [-0.4, -0.2) is 57.9 Å². The van der Waals surface area contributed by atoms with Crippen LogP contribution in [0.3, 0.4) is 0 Å². The maximum atomic E-state index is 12.6. The lowest BCUT2D eigenvalue weighted by molar-refractivity contribution is -0.136. The lowest BCUT2D eigenvalue weighted by atomic mass is 9.90. The summed E-state index contributed by atoms with van der Waals surface area (Å²) in [4.78, 5) is 21.4. The van der Waals surface area contributed by atoms with Crippen LogP contribution in [0.4, 0.5) is 0 Å². The summed E-state index contributed by atoms with van der Waals surface area (Å²) >= 11 is 0. The zero-order valence-corrected chi connectivity index (χ0v) is 18.2. The van der Waals surface area contributed by atoms with Crippen LogP contribution >= 0.6 is 0 Å². The molecule has 162 valence electrons. The second-order valence-electron chi connectivity index (χ2n) is 8.59. The first kappa shape index (κ1) is 21.3. The number of amides is 1. The SMILES string of the molecule is CC1N=C(c2ccccc2)C=CN1CC1(O)CCN(C(=O)CCc2ccccc2)CC1. The number of allylic oxidation sites excluding steroid dienone is 1. The molecule has 1 fully saturated rings. The van der Waals surface area contributed by atoms with Gasteiger partial charge in [0.1, 0.15) is 6.17 Å².